The van der Waals surface area contributed by atoms with E-state index in [9.17, 15) is 22.4 Å². The lowest BCUT2D eigenvalue weighted by Gasteiger charge is -2.08. The van der Waals surface area contributed by atoms with Crippen LogP contribution in [0.25, 0.3) is 39.5 Å². The summed E-state index contributed by atoms with van der Waals surface area (Å²) < 4.78 is 57.1. The fraction of sp³-hybridized carbons (Fsp3) is 0. The van der Waals surface area contributed by atoms with Crippen molar-refractivity contribution in [1.82, 2.24) is 14.4 Å². The van der Waals surface area contributed by atoms with Crippen LogP contribution in [-0.4, -0.2) is 14.4 Å². The van der Waals surface area contributed by atoms with Gasteiger partial charge in [0.1, 0.15) is 23.3 Å². The highest BCUT2D eigenvalue weighted by molar-refractivity contribution is 5.82. The lowest BCUT2D eigenvalue weighted by molar-refractivity contribution is 0.584. The van der Waals surface area contributed by atoms with Crippen LogP contribution in [0.15, 0.2) is 71.5 Å². The van der Waals surface area contributed by atoms with Crippen molar-refractivity contribution < 1.29 is 17.6 Å². The first-order valence-electron chi connectivity index (χ1n) is 9.93. The number of H-pyrrole nitrogens is 1. The summed E-state index contributed by atoms with van der Waals surface area (Å²) in [6.45, 7) is 0. The van der Waals surface area contributed by atoms with E-state index in [0.29, 0.717) is 23.3 Å². The maximum Gasteiger partial charge on any atom is 0.260 e. The van der Waals surface area contributed by atoms with Crippen LogP contribution in [0.5, 0.6) is 0 Å². The molecule has 0 unspecified atom stereocenters. The second-order valence-electron chi connectivity index (χ2n) is 7.43. The van der Waals surface area contributed by atoms with E-state index >= 15 is 0 Å². The van der Waals surface area contributed by atoms with Gasteiger partial charge in [0, 0.05) is 34.9 Å². The molecular formula is C25H12F4N4O. The van der Waals surface area contributed by atoms with Gasteiger partial charge < -0.3 is 4.98 Å². The zero-order valence-corrected chi connectivity index (χ0v) is 17.1. The molecule has 0 saturated carbocycles. The molecule has 2 aromatic heterocycles. The monoisotopic (exact) mass is 460 g/mol. The van der Waals surface area contributed by atoms with Crippen molar-refractivity contribution in [3.8, 4) is 39.8 Å². The molecule has 0 atom stereocenters. The lowest BCUT2D eigenvalue weighted by atomic mass is 10.0. The average molecular weight is 460 g/mol. The van der Waals surface area contributed by atoms with Crippen LogP contribution >= 0.6 is 0 Å². The molecule has 1 N–H and O–H groups in total. The van der Waals surface area contributed by atoms with Crippen LogP contribution in [-0.2, 0) is 0 Å². The minimum Gasteiger partial charge on any atom is -0.324 e. The van der Waals surface area contributed by atoms with E-state index < -0.39 is 28.8 Å². The largest absolute Gasteiger partial charge is 0.324 e. The molecule has 5 aromatic rings. The fourth-order valence-corrected chi connectivity index (χ4v) is 3.75. The second-order valence-corrected chi connectivity index (χ2v) is 7.43. The molecule has 0 aliphatic carbocycles. The number of nitrogens with zero attached hydrogens (tertiary/aromatic N) is 3. The maximum atomic E-state index is 14.8. The van der Waals surface area contributed by atoms with E-state index in [-0.39, 0.29) is 34.0 Å². The standard InChI is InChI=1S/C25H12F4N4O/c26-15-5-7-17(19(28)9-15)21-11-22(34)33-24(18-8-6-16(27)10-20(18)29)23(32-25(33)31-21)14-3-1-13(12-30)2-4-14/h1-11H,(H,31,32). The molecule has 9 heteroatoms. The molecule has 0 saturated heterocycles. The number of nitriles is 1. The highest BCUT2D eigenvalue weighted by atomic mass is 19.1. The molecule has 0 fully saturated rings. The van der Waals surface area contributed by atoms with Crippen LogP contribution in [0.4, 0.5) is 17.6 Å². The van der Waals surface area contributed by atoms with Crippen molar-refractivity contribution in [3.05, 3.63) is 106 Å². The Balaban J connectivity index is 1.83. The van der Waals surface area contributed by atoms with Gasteiger partial charge in [-0.15, -0.1) is 0 Å². The van der Waals surface area contributed by atoms with Gasteiger partial charge in [-0.2, -0.15) is 5.26 Å². The van der Waals surface area contributed by atoms with Gasteiger partial charge in [0.15, 0.2) is 0 Å². The Hall–Kier alpha value is -4.71. The van der Waals surface area contributed by atoms with Crippen LogP contribution in [0.1, 0.15) is 5.56 Å². The Morgan fingerprint density at radius 1 is 0.824 bits per heavy atom. The van der Waals surface area contributed by atoms with Crippen LogP contribution in [0.3, 0.4) is 0 Å². The molecule has 0 bridgehead atoms. The number of imidazole rings is 1. The molecule has 166 valence electrons. The smallest absolute Gasteiger partial charge is 0.260 e. The molecule has 34 heavy (non-hydrogen) atoms. The molecule has 0 amide bonds. The Bertz CT molecular complexity index is 1680. The molecule has 3 aromatic carbocycles. The van der Waals surface area contributed by atoms with Crippen LogP contribution in [0.2, 0.25) is 0 Å². The molecule has 5 rings (SSSR count). The van der Waals surface area contributed by atoms with Gasteiger partial charge in [-0.25, -0.2) is 26.9 Å². The van der Waals surface area contributed by atoms with Crippen LogP contribution in [0, 0.1) is 34.6 Å². The number of rotatable bonds is 3. The van der Waals surface area contributed by atoms with E-state index in [1.165, 1.54) is 24.3 Å². The summed E-state index contributed by atoms with van der Waals surface area (Å²) in [4.78, 5) is 20.4. The van der Waals surface area contributed by atoms with E-state index in [1.807, 2.05) is 6.07 Å². The highest BCUT2D eigenvalue weighted by Crippen LogP contribution is 2.34. The summed E-state index contributed by atoms with van der Waals surface area (Å²) >= 11 is 0. The zero-order valence-electron chi connectivity index (χ0n) is 17.1. The Morgan fingerprint density at radius 2 is 1.44 bits per heavy atom. The summed E-state index contributed by atoms with van der Waals surface area (Å²) in [5, 5.41) is 9.07. The summed E-state index contributed by atoms with van der Waals surface area (Å²) in [6.07, 6.45) is 0. The van der Waals surface area contributed by atoms with E-state index in [4.69, 9.17) is 5.26 Å². The Kier molecular flexibility index (Phi) is 4.98. The van der Waals surface area contributed by atoms with Crippen molar-refractivity contribution in [1.29, 1.82) is 5.26 Å². The Labute approximate surface area is 189 Å². The van der Waals surface area contributed by atoms with Crippen molar-refractivity contribution in [2.75, 3.05) is 0 Å². The fourth-order valence-electron chi connectivity index (χ4n) is 3.75. The predicted octanol–water partition coefficient (Wildman–Crippen LogP) is 5.45. The summed E-state index contributed by atoms with van der Waals surface area (Å²) in [7, 11) is 0. The quantitative estimate of drug-likeness (QED) is 0.364. The second kappa shape index (κ2) is 8.01. The summed E-state index contributed by atoms with van der Waals surface area (Å²) in [6, 6.07) is 15.1. The number of aromatic nitrogens is 3. The molecule has 5 nitrogen and oxygen atoms in total. The van der Waals surface area contributed by atoms with Crippen molar-refractivity contribution in [2.45, 2.75) is 0 Å². The first kappa shape index (κ1) is 21.2. The van der Waals surface area contributed by atoms with E-state index in [0.717, 1.165) is 22.6 Å². The van der Waals surface area contributed by atoms with Gasteiger partial charge in [0.05, 0.1) is 28.7 Å². The number of nitrogens with one attached hydrogen (secondary N) is 1. The van der Waals surface area contributed by atoms with Gasteiger partial charge in [-0.1, -0.05) is 12.1 Å². The molecule has 0 aliphatic heterocycles. The Morgan fingerprint density at radius 3 is 2.03 bits per heavy atom. The predicted molar refractivity (Wildman–Crippen MR) is 117 cm³/mol. The number of fused-ring (bicyclic) bond motifs is 1. The van der Waals surface area contributed by atoms with Gasteiger partial charge in [0.25, 0.3) is 5.56 Å². The minimum atomic E-state index is -0.912. The number of halogens is 4. The number of hydrogen-bond donors (Lipinski definition) is 1. The molecule has 0 spiro atoms. The molecule has 0 aliphatic rings. The molecular weight excluding hydrogens is 448 g/mol. The van der Waals surface area contributed by atoms with E-state index in [2.05, 4.69) is 9.97 Å². The average Bonchev–Trinajstić information content (AvgIpc) is 3.19. The van der Waals surface area contributed by atoms with Gasteiger partial charge in [0.2, 0.25) is 5.78 Å². The molecule has 2 heterocycles. The van der Waals surface area contributed by atoms with E-state index in [1.54, 1.807) is 12.1 Å². The molecule has 0 radical (unpaired) electrons. The van der Waals surface area contributed by atoms with Gasteiger partial charge in [-0.3, -0.25) is 4.79 Å². The highest BCUT2D eigenvalue weighted by Gasteiger charge is 2.22. The third-order valence-corrected chi connectivity index (χ3v) is 5.31. The third kappa shape index (κ3) is 3.51. The van der Waals surface area contributed by atoms with Gasteiger partial charge >= 0.3 is 0 Å². The number of hydrogen-bond acceptors (Lipinski definition) is 3. The maximum absolute atomic E-state index is 14.8. The van der Waals surface area contributed by atoms with Crippen molar-refractivity contribution in [3.63, 3.8) is 0 Å². The minimum absolute atomic E-state index is 0.0377. The first-order valence-corrected chi connectivity index (χ1v) is 9.93. The van der Waals surface area contributed by atoms with Crippen molar-refractivity contribution in [2.24, 2.45) is 0 Å². The zero-order chi connectivity index (χ0) is 24.0. The third-order valence-electron chi connectivity index (χ3n) is 5.31. The normalized spacial score (nSPS) is 11.0. The topological polar surface area (TPSA) is 73.9 Å². The first-order chi connectivity index (χ1) is 16.4. The van der Waals surface area contributed by atoms with Crippen molar-refractivity contribution >= 4 is 5.78 Å². The summed E-state index contributed by atoms with van der Waals surface area (Å²) in [5.74, 6) is -3.40. The number of benzene rings is 3. The summed E-state index contributed by atoms with van der Waals surface area (Å²) in [5.41, 5.74) is 0.301. The van der Waals surface area contributed by atoms with Gasteiger partial charge in [-0.05, 0) is 36.4 Å². The SMILES string of the molecule is N#Cc1ccc(-c2nc3[nH]c(-c4ccc(F)cc4F)cc(=O)n3c2-c2ccc(F)cc2F)cc1. The lowest BCUT2D eigenvalue weighted by Crippen LogP contribution is -2.15. The number of aromatic amines is 1. The van der Waals surface area contributed by atoms with Crippen LogP contribution < -0.4 is 5.56 Å².